The topological polar surface area (TPSA) is 46.1 Å². The Morgan fingerprint density at radius 2 is 2.18 bits per heavy atom. The average Bonchev–Trinajstić information content (AvgIpc) is 2.40. The highest BCUT2D eigenvalue weighted by Crippen LogP contribution is 2.20. The van der Waals surface area contributed by atoms with Gasteiger partial charge >= 0.3 is 0 Å². The van der Waals surface area contributed by atoms with Crippen LogP contribution < -0.4 is 0 Å². The SMILES string of the molecule is CCC1CCN(C(=O)Cc2cnccn2)CC1. The van der Waals surface area contributed by atoms with Crippen molar-refractivity contribution in [1.29, 1.82) is 0 Å². The van der Waals surface area contributed by atoms with Crippen molar-refractivity contribution in [2.45, 2.75) is 32.6 Å². The van der Waals surface area contributed by atoms with Gasteiger partial charge in [-0.25, -0.2) is 0 Å². The summed E-state index contributed by atoms with van der Waals surface area (Å²) >= 11 is 0. The Kier molecular flexibility index (Phi) is 4.07. The molecule has 0 N–H and O–H groups in total. The van der Waals surface area contributed by atoms with Crippen LogP contribution in [0.3, 0.4) is 0 Å². The van der Waals surface area contributed by atoms with Crippen LogP contribution in [0.5, 0.6) is 0 Å². The van der Waals surface area contributed by atoms with Crippen molar-refractivity contribution in [3.05, 3.63) is 24.3 Å². The summed E-state index contributed by atoms with van der Waals surface area (Å²) in [6.45, 7) is 4.02. The number of carbonyl (C=O) groups is 1. The molecule has 2 heterocycles. The fourth-order valence-corrected chi connectivity index (χ4v) is 2.28. The summed E-state index contributed by atoms with van der Waals surface area (Å²) in [6, 6.07) is 0. The first-order valence-corrected chi connectivity index (χ1v) is 6.32. The van der Waals surface area contributed by atoms with Crippen LogP contribution in [0.2, 0.25) is 0 Å². The van der Waals surface area contributed by atoms with Gasteiger partial charge in [0.2, 0.25) is 5.91 Å². The lowest BCUT2D eigenvalue weighted by Crippen LogP contribution is -2.39. The van der Waals surface area contributed by atoms with Crippen molar-refractivity contribution >= 4 is 5.91 Å². The van der Waals surface area contributed by atoms with Crippen LogP contribution in [0.1, 0.15) is 31.9 Å². The van der Waals surface area contributed by atoms with E-state index in [1.165, 1.54) is 6.42 Å². The zero-order valence-electron chi connectivity index (χ0n) is 10.3. The van der Waals surface area contributed by atoms with Crippen LogP contribution in [0.4, 0.5) is 0 Å². The fraction of sp³-hybridized carbons (Fsp3) is 0.615. The molecule has 0 radical (unpaired) electrons. The third-order valence-corrected chi connectivity index (χ3v) is 3.49. The molecule has 0 saturated carbocycles. The van der Waals surface area contributed by atoms with Gasteiger partial charge in [0.25, 0.3) is 0 Å². The first-order valence-electron chi connectivity index (χ1n) is 6.32. The van der Waals surface area contributed by atoms with Gasteiger partial charge in [0.15, 0.2) is 0 Å². The number of hydrogen-bond donors (Lipinski definition) is 0. The van der Waals surface area contributed by atoms with E-state index in [0.717, 1.165) is 37.5 Å². The molecule has 92 valence electrons. The highest BCUT2D eigenvalue weighted by molar-refractivity contribution is 5.78. The number of hydrogen-bond acceptors (Lipinski definition) is 3. The van der Waals surface area contributed by atoms with Crippen molar-refractivity contribution in [3.63, 3.8) is 0 Å². The molecule has 17 heavy (non-hydrogen) atoms. The number of aromatic nitrogens is 2. The average molecular weight is 233 g/mol. The Balaban J connectivity index is 1.85. The maximum absolute atomic E-state index is 12.0. The normalized spacial score (nSPS) is 17.1. The van der Waals surface area contributed by atoms with Gasteiger partial charge in [0, 0.05) is 31.7 Å². The largest absolute Gasteiger partial charge is 0.342 e. The van der Waals surface area contributed by atoms with E-state index < -0.39 is 0 Å². The second kappa shape index (κ2) is 5.75. The Labute approximate surface area is 102 Å². The van der Waals surface area contributed by atoms with Crippen molar-refractivity contribution < 1.29 is 4.79 Å². The van der Waals surface area contributed by atoms with Gasteiger partial charge < -0.3 is 4.90 Å². The van der Waals surface area contributed by atoms with Gasteiger partial charge in [-0.1, -0.05) is 13.3 Å². The van der Waals surface area contributed by atoms with E-state index >= 15 is 0 Å². The Morgan fingerprint density at radius 3 is 2.76 bits per heavy atom. The van der Waals surface area contributed by atoms with Gasteiger partial charge in [-0.3, -0.25) is 14.8 Å². The third-order valence-electron chi connectivity index (χ3n) is 3.49. The smallest absolute Gasteiger partial charge is 0.228 e. The molecular formula is C13H19N3O. The first-order chi connectivity index (χ1) is 8.29. The maximum Gasteiger partial charge on any atom is 0.228 e. The van der Waals surface area contributed by atoms with E-state index in [2.05, 4.69) is 16.9 Å². The monoisotopic (exact) mass is 233 g/mol. The Hall–Kier alpha value is -1.45. The minimum Gasteiger partial charge on any atom is -0.342 e. The van der Waals surface area contributed by atoms with Gasteiger partial charge in [-0.15, -0.1) is 0 Å². The highest BCUT2D eigenvalue weighted by atomic mass is 16.2. The number of piperidine rings is 1. The molecule has 1 aromatic heterocycles. The molecule has 2 rings (SSSR count). The first kappa shape index (κ1) is 12.0. The highest BCUT2D eigenvalue weighted by Gasteiger charge is 2.21. The lowest BCUT2D eigenvalue weighted by Gasteiger charge is -2.31. The van der Waals surface area contributed by atoms with E-state index in [1.807, 2.05) is 4.90 Å². The number of amides is 1. The number of likely N-dealkylation sites (tertiary alicyclic amines) is 1. The molecule has 0 aliphatic carbocycles. The molecule has 1 fully saturated rings. The summed E-state index contributed by atoms with van der Waals surface area (Å²) in [5, 5.41) is 0. The van der Waals surface area contributed by atoms with E-state index in [4.69, 9.17) is 0 Å². The summed E-state index contributed by atoms with van der Waals surface area (Å²) in [5.74, 6) is 0.982. The van der Waals surface area contributed by atoms with E-state index in [9.17, 15) is 4.79 Å². The number of nitrogens with zero attached hydrogens (tertiary/aromatic N) is 3. The molecular weight excluding hydrogens is 214 g/mol. The Bertz CT molecular complexity index is 358. The van der Waals surface area contributed by atoms with Gasteiger partial charge in [-0.05, 0) is 18.8 Å². The molecule has 1 aromatic rings. The van der Waals surface area contributed by atoms with Crippen LogP contribution in [-0.2, 0) is 11.2 Å². The minimum absolute atomic E-state index is 0.181. The standard InChI is InChI=1S/C13H19N3O/c1-2-11-3-7-16(8-4-11)13(17)9-12-10-14-5-6-15-12/h5-6,10-11H,2-4,7-9H2,1H3. The summed E-state index contributed by atoms with van der Waals surface area (Å²) < 4.78 is 0. The molecule has 0 atom stereocenters. The third kappa shape index (κ3) is 3.25. The van der Waals surface area contributed by atoms with Gasteiger partial charge in [0.05, 0.1) is 12.1 Å². The zero-order valence-corrected chi connectivity index (χ0v) is 10.3. The number of rotatable bonds is 3. The molecule has 4 nitrogen and oxygen atoms in total. The van der Waals surface area contributed by atoms with Crippen LogP contribution >= 0.6 is 0 Å². The predicted molar refractivity (Wildman–Crippen MR) is 65.3 cm³/mol. The van der Waals surface area contributed by atoms with Crippen molar-refractivity contribution in [2.75, 3.05) is 13.1 Å². The second-order valence-corrected chi connectivity index (χ2v) is 4.61. The van der Waals surface area contributed by atoms with Crippen LogP contribution in [0, 0.1) is 5.92 Å². The lowest BCUT2D eigenvalue weighted by molar-refractivity contribution is -0.131. The molecule has 1 aliphatic heterocycles. The molecule has 4 heteroatoms. The predicted octanol–water partition coefficient (Wildman–Crippen LogP) is 1.67. The molecule has 1 saturated heterocycles. The minimum atomic E-state index is 0.181. The molecule has 1 amide bonds. The fourth-order valence-electron chi connectivity index (χ4n) is 2.28. The Morgan fingerprint density at radius 1 is 1.41 bits per heavy atom. The molecule has 0 bridgehead atoms. The second-order valence-electron chi connectivity index (χ2n) is 4.61. The maximum atomic E-state index is 12.0. The van der Waals surface area contributed by atoms with Crippen molar-refractivity contribution in [3.8, 4) is 0 Å². The van der Waals surface area contributed by atoms with Crippen molar-refractivity contribution in [2.24, 2.45) is 5.92 Å². The quantitative estimate of drug-likeness (QED) is 0.797. The van der Waals surface area contributed by atoms with Gasteiger partial charge in [0.1, 0.15) is 0 Å². The lowest BCUT2D eigenvalue weighted by atomic mass is 9.94. The van der Waals surface area contributed by atoms with E-state index in [-0.39, 0.29) is 5.91 Å². The number of carbonyl (C=O) groups excluding carboxylic acids is 1. The summed E-state index contributed by atoms with van der Waals surface area (Å²) in [7, 11) is 0. The molecule has 0 spiro atoms. The van der Waals surface area contributed by atoms with Crippen LogP contribution in [0.15, 0.2) is 18.6 Å². The molecule has 0 aromatic carbocycles. The van der Waals surface area contributed by atoms with Crippen LogP contribution in [0.25, 0.3) is 0 Å². The molecule has 0 unspecified atom stereocenters. The zero-order chi connectivity index (χ0) is 12.1. The summed E-state index contributed by atoms with van der Waals surface area (Å²) in [6.07, 6.45) is 8.81. The van der Waals surface area contributed by atoms with Crippen LogP contribution in [-0.4, -0.2) is 33.9 Å². The van der Waals surface area contributed by atoms with E-state index in [1.54, 1.807) is 18.6 Å². The molecule has 1 aliphatic rings. The summed E-state index contributed by atoms with van der Waals surface area (Å²) in [4.78, 5) is 22.1. The van der Waals surface area contributed by atoms with E-state index in [0.29, 0.717) is 6.42 Å². The van der Waals surface area contributed by atoms with Gasteiger partial charge in [-0.2, -0.15) is 0 Å². The summed E-state index contributed by atoms with van der Waals surface area (Å²) in [5.41, 5.74) is 0.759. The van der Waals surface area contributed by atoms with Crippen molar-refractivity contribution in [1.82, 2.24) is 14.9 Å².